The van der Waals surface area contributed by atoms with Gasteiger partial charge in [-0.2, -0.15) is 0 Å². The number of anilines is 2. The number of fused-ring (bicyclic) bond motifs is 2. The van der Waals surface area contributed by atoms with Crippen LogP contribution in [-0.2, 0) is 25.5 Å². The van der Waals surface area contributed by atoms with E-state index in [0.29, 0.717) is 24.2 Å². The highest BCUT2D eigenvalue weighted by atomic mass is 32.2. The molecule has 208 valence electrons. The van der Waals surface area contributed by atoms with Gasteiger partial charge in [0.25, 0.3) is 5.91 Å². The summed E-state index contributed by atoms with van der Waals surface area (Å²) in [7, 11) is -7.43. The normalized spacial score (nSPS) is 22.1. The number of nitrogens with zero attached hydrogens (tertiary/aromatic N) is 1. The zero-order chi connectivity index (χ0) is 28.1. The summed E-state index contributed by atoms with van der Waals surface area (Å²) >= 11 is 0. The standard InChI is InChI=1S/C26H33F2N3O5S2/c1-25(2,3)30-38(35,36)20-7-5-6-18(14-20)24(32)31-16-26(12-10-17(11-13-26)23(27)28)21-15-19(8-9-22(21)31)29-37(4,33)34/h5-9,14-15,17,23,29-30H,10-13,16H2,1-4H3/t17-,26-. The molecule has 0 saturated heterocycles. The molecule has 4 rings (SSSR count). The molecule has 1 heterocycles. The summed E-state index contributed by atoms with van der Waals surface area (Å²) < 4.78 is 81.2. The van der Waals surface area contributed by atoms with Crippen molar-refractivity contribution in [1.82, 2.24) is 4.72 Å². The Morgan fingerprint density at radius 3 is 2.29 bits per heavy atom. The number of benzene rings is 2. The Morgan fingerprint density at radius 1 is 1.05 bits per heavy atom. The van der Waals surface area contributed by atoms with Crippen LogP contribution in [0.5, 0.6) is 0 Å². The number of hydrogen-bond donors (Lipinski definition) is 2. The van der Waals surface area contributed by atoms with E-state index in [9.17, 15) is 30.4 Å². The van der Waals surface area contributed by atoms with Crippen molar-refractivity contribution in [2.75, 3.05) is 22.4 Å². The maximum atomic E-state index is 13.8. The predicted molar refractivity (Wildman–Crippen MR) is 143 cm³/mol. The molecular weight excluding hydrogens is 536 g/mol. The SMILES string of the molecule is CC(C)(C)NS(=O)(=O)c1cccc(C(=O)N2C[C@]3(CC[C@@H](C(F)F)CC3)c3cc(NS(C)(=O)=O)ccc32)c1. The van der Waals surface area contributed by atoms with Crippen molar-refractivity contribution in [3.63, 3.8) is 0 Å². The Kier molecular flexibility index (Phi) is 7.39. The van der Waals surface area contributed by atoms with Crippen LogP contribution in [0.3, 0.4) is 0 Å². The van der Waals surface area contributed by atoms with E-state index in [2.05, 4.69) is 9.44 Å². The van der Waals surface area contributed by atoms with E-state index in [-0.39, 0.29) is 29.8 Å². The molecule has 1 spiro atoms. The number of carbonyl (C=O) groups is 1. The third-order valence-electron chi connectivity index (χ3n) is 7.04. The fourth-order valence-corrected chi connectivity index (χ4v) is 7.43. The molecule has 2 N–H and O–H groups in total. The van der Waals surface area contributed by atoms with Crippen LogP contribution in [0.15, 0.2) is 47.4 Å². The van der Waals surface area contributed by atoms with E-state index in [4.69, 9.17) is 0 Å². The van der Waals surface area contributed by atoms with Crippen LogP contribution < -0.4 is 14.3 Å². The smallest absolute Gasteiger partial charge is 0.258 e. The lowest BCUT2D eigenvalue weighted by Crippen LogP contribution is -2.41. The van der Waals surface area contributed by atoms with Crippen molar-refractivity contribution in [3.05, 3.63) is 53.6 Å². The molecule has 2 aliphatic rings. The third-order valence-corrected chi connectivity index (χ3v) is 9.41. The largest absolute Gasteiger partial charge is 0.307 e. The number of rotatable bonds is 6. The molecule has 1 aliphatic carbocycles. The van der Waals surface area contributed by atoms with Crippen molar-refractivity contribution in [2.24, 2.45) is 5.92 Å². The van der Waals surface area contributed by atoms with Gasteiger partial charge in [0, 0.05) is 40.4 Å². The van der Waals surface area contributed by atoms with Crippen LogP contribution >= 0.6 is 0 Å². The monoisotopic (exact) mass is 569 g/mol. The lowest BCUT2D eigenvalue weighted by Gasteiger charge is -2.37. The Labute approximate surface area is 222 Å². The van der Waals surface area contributed by atoms with E-state index in [1.165, 1.54) is 24.3 Å². The van der Waals surface area contributed by atoms with Gasteiger partial charge in [-0.3, -0.25) is 9.52 Å². The molecular formula is C26H33F2N3O5S2. The minimum Gasteiger partial charge on any atom is -0.307 e. The lowest BCUT2D eigenvalue weighted by atomic mass is 9.67. The van der Waals surface area contributed by atoms with Crippen LogP contribution in [-0.4, -0.2) is 47.5 Å². The first kappa shape index (κ1) is 28.4. The topological polar surface area (TPSA) is 113 Å². The number of amides is 1. The Hall–Kier alpha value is -2.57. The molecule has 0 bridgehead atoms. The average molecular weight is 570 g/mol. The Morgan fingerprint density at radius 2 is 1.71 bits per heavy atom. The molecule has 0 aromatic heterocycles. The van der Waals surface area contributed by atoms with Gasteiger partial charge in [0.1, 0.15) is 0 Å². The van der Waals surface area contributed by atoms with Gasteiger partial charge in [0.05, 0.1) is 11.2 Å². The van der Waals surface area contributed by atoms with Gasteiger partial charge in [0.2, 0.25) is 26.5 Å². The average Bonchev–Trinajstić information content (AvgIpc) is 3.09. The fourth-order valence-electron chi connectivity index (χ4n) is 5.41. The lowest BCUT2D eigenvalue weighted by molar-refractivity contribution is 0.0423. The first-order valence-electron chi connectivity index (χ1n) is 12.4. The summed E-state index contributed by atoms with van der Waals surface area (Å²) in [6.45, 7) is 5.39. The van der Waals surface area contributed by atoms with Gasteiger partial charge in [0.15, 0.2) is 0 Å². The van der Waals surface area contributed by atoms with Crippen molar-refractivity contribution in [2.45, 2.75) is 68.7 Å². The van der Waals surface area contributed by atoms with Gasteiger partial charge in [-0.15, -0.1) is 0 Å². The number of halogens is 2. The molecule has 0 unspecified atom stereocenters. The molecule has 1 amide bonds. The number of nitrogens with one attached hydrogen (secondary N) is 2. The van der Waals surface area contributed by atoms with E-state index in [1.54, 1.807) is 43.9 Å². The number of carbonyl (C=O) groups excluding carboxylic acids is 1. The molecule has 38 heavy (non-hydrogen) atoms. The van der Waals surface area contributed by atoms with Gasteiger partial charge < -0.3 is 4.90 Å². The first-order chi connectivity index (χ1) is 17.5. The minimum atomic E-state index is -3.88. The highest BCUT2D eigenvalue weighted by molar-refractivity contribution is 7.92. The molecule has 2 aromatic rings. The van der Waals surface area contributed by atoms with E-state index < -0.39 is 49.3 Å². The van der Waals surface area contributed by atoms with Crippen LogP contribution in [0.1, 0.15) is 62.4 Å². The van der Waals surface area contributed by atoms with Crippen LogP contribution in [0.4, 0.5) is 20.2 Å². The number of hydrogen-bond acceptors (Lipinski definition) is 5. The summed E-state index contributed by atoms with van der Waals surface area (Å²) in [5.74, 6) is -1.14. The molecule has 8 nitrogen and oxygen atoms in total. The molecule has 1 aliphatic heterocycles. The minimum absolute atomic E-state index is 0.0439. The van der Waals surface area contributed by atoms with E-state index in [0.717, 1.165) is 11.8 Å². The first-order valence-corrected chi connectivity index (χ1v) is 15.7. The van der Waals surface area contributed by atoms with Crippen molar-refractivity contribution < 1.29 is 30.4 Å². The zero-order valence-electron chi connectivity index (χ0n) is 21.8. The van der Waals surface area contributed by atoms with Gasteiger partial charge in [-0.1, -0.05) is 6.07 Å². The van der Waals surface area contributed by atoms with Crippen molar-refractivity contribution in [3.8, 4) is 0 Å². The summed E-state index contributed by atoms with van der Waals surface area (Å²) in [6.07, 6.45) is 0.0331. The van der Waals surface area contributed by atoms with E-state index in [1.807, 2.05) is 0 Å². The van der Waals surface area contributed by atoms with Crippen molar-refractivity contribution >= 4 is 37.3 Å². The number of sulfonamides is 2. The second-order valence-corrected chi connectivity index (χ2v) is 14.8. The number of alkyl halides is 2. The molecule has 1 saturated carbocycles. The second kappa shape index (κ2) is 9.87. The summed E-state index contributed by atoms with van der Waals surface area (Å²) in [6, 6.07) is 10.7. The van der Waals surface area contributed by atoms with Crippen LogP contribution in [0.2, 0.25) is 0 Å². The molecule has 2 aromatic carbocycles. The quantitative estimate of drug-likeness (QED) is 0.533. The Balaban J connectivity index is 1.72. The van der Waals surface area contributed by atoms with Crippen LogP contribution in [0, 0.1) is 5.92 Å². The highest BCUT2D eigenvalue weighted by Crippen LogP contribution is 2.52. The molecule has 0 radical (unpaired) electrons. The van der Waals surface area contributed by atoms with Crippen LogP contribution in [0.25, 0.3) is 0 Å². The van der Waals surface area contributed by atoms with Crippen molar-refractivity contribution in [1.29, 1.82) is 0 Å². The summed E-state index contributed by atoms with van der Waals surface area (Å²) in [5, 5.41) is 0. The maximum Gasteiger partial charge on any atom is 0.258 e. The fraction of sp³-hybridized carbons (Fsp3) is 0.500. The Bertz CT molecular complexity index is 1450. The van der Waals surface area contributed by atoms with Gasteiger partial charge in [-0.25, -0.2) is 30.3 Å². The summed E-state index contributed by atoms with van der Waals surface area (Å²) in [4.78, 5) is 15.3. The molecule has 12 heteroatoms. The highest BCUT2D eigenvalue weighted by Gasteiger charge is 2.48. The zero-order valence-corrected chi connectivity index (χ0v) is 23.4. The third kappa shape index (κ3) is 6.02. The molecule has 0 atom stereocenters. The van der Waals surface area contributed by atoms with Gasteiger partial charge in [-0.05, 0) is 88.4 Å². The van der Waals surface area contributed by atoms with E-state index >= 15 is 0 Å². The second-order valence-electron chi connectivity index (χ2n) is 11.3. The maximum absolute atomic E-state index is 13.8. The predicted octanol–water partition coefficient (Wildman–Crippen LogP) is 4.49. The van der Waals surface area contributed by atoms with Gasteiger partial charge >= 0.3 is 0 Å². The molecule has 1 fully saturated rings. The summed E-state index contributed by atoms with van der Waals surface area (Å²) in [5.41, 5.74) is 0.467.